The first-order valence-electron chi connectivity index (χ1n) is 5.06. The van der Waals surface area contributed by atoms with E-state index >= 15 is 0 Å². The van der Waals surface area contributed by atoms with Crippen LogP contribution < -0.4 is 5.32 Å². The molecule has 0 bridgehead atoms. The molecule has 0 unspecified atom stereocenters. The van der Waals surface area contributed by atoms with Crippen LogP contribution in [0.1, 0.15) is 29.9 Å². The summed E-state index contributed by atoms with van der Waals surface area (Å²) >= 11 is 0. The van der Waals surface area contributed by atoms with Gasteiger partial charge in [-0.15, -0.1) is 0 Å². The van der Waals surface area contributed by atoms with Crippen LogP contribution in [0, 0.1) is 13.8 Å². The summed E-state index contributed by atoms with van der Waals surface area (Å²) in [6.45, 7) is 4.49. The monoisotopic (exact) mass is 206 g/mol. The van der Waals surface area contributed by atoms with Crippen molar-refractivity contribution in [2.24, 2.45) is 0 Å². The number of carbonyl (C=O) groups is 1. The minimum absolute atomic E-state index is 0.205. The van der Waals surface area contributed by atoms with Gasteiger partial charge in [-0.1, -0.05) is 5.16 Å². The molecule has 1 N–H and O–H groups in total. The zero-order chi connectivity index (χ0) is 10.8. The highest BCUT2D eigenvalue weighted by Gasteiger charge is 2.13. The lowest BCUT2D eigenvalue weighted by Gasteiger charge is -2.05. The van der Waals surface area contributed by atoms with E-state index < -0.39 is 0 Å². The summed E-state index contributed by atoms with van der Waals surface area (Å²) in [6.07, 6.45) is 3.13. The number of ketones is 1. The minimum atomic E-state index is 0.205. The molecule has 1 aliphatic rings. The lowest BCUT2D eigenvalue weighted by molar-refractivity contribution is -0.114. The number of nitrogens with zero attached hydrogens (tertiary/aromatic N) is 1. The zero-order valence-corrected chi connectivity index (χ0v) is 8.96. The third-order valence-electron chi connectivity index (χ3n) is 2.65. The average Bonchev–Trinajstić information content (AvgIpc) is 2.73. The van der Waals surface area contributed by atoms with Crippen LogP contribution in [-0.4, -0.2) is 10.9 Å². The third-order valence-corrected chi connectivity index (χ3v) is 2.65. The number of aryl methyl sites for hydroxylation is 2. The quantitative estimate of drug-likeness (QED) is 0.816. The molecule has 4 heteroatoms. The fourth-order valence-corrected chi connectivity index (χ4v) is 1.69. The summed E-state index contributed by atoms with van der Waals surface area (Å²) in [6, 6.07) is 0. The molecule has 0 fully saturated rings. The molecule has 1 aromatic rings. The van der Waals surface area contributed by atoms with Crippen molar-refractivity contribution in [3.8, 4) is 0 Å². The average molecular weight is 206 g/mol. The molecular weight excluding hydrogens is 192 g/mol. The molecule has 0 spiro atoms. The largest absolute Gasteiger partial charge is 0.384 e. The molecule has 1 heterocycles. The van der Waals surface area contributed by atoms with E-state index in [-0.39, 0.29) is 5.78 Å². The van der Waals surface area contributed by atoms with Crippen molar-refractivity contribution in [2.75, 3.05) is 0 Å². The van der Waals surface area contributed by atoms with Gasteiger partial charge in [-0.3, -0.25) is 4.79 Å². The highest BCUT2D eigenvalue weighted by atomic mass is 16.5. The SMILES string of the molecule is Cc1noc(C)c1CNC1=CC(=O)CC1. The topological polar surface area (TPSA) is 55.1 Å². The Morgan fingerprint density at radius 2 is 2.27 bits per heavy atom. The van der Waals surface area contributed by atoms with Gasteiger partial charge in [0.2, 0.25) is 0 Å². The summed E-state index contributed by atoms with van der Waals surface area (Å²) in [5.74, 6) is 1.04. The van der Waals surface area contributed by atoms with Gasteiger partial charge in [-0.25, -0.2) is 0 Å². The Hall–Kier alpha value is -1.58. The number of nitrogens with one attached hydrogen (secondary N) is 1. The second kappa shape index (κ2) is 3.88. The number of aromatic nitrogens is 1. The van der Waals surface area contributed by atoms with Crippen molar-refractivity contribution in [1.82, 2.24) is 10.5 Å². The number of hydrogen-bond donors (Lipinski definition) is 1. The van der Waals surface area contributed by atoms with Crippen molar-refractivity contribution in [3.05, 3.63) is 28.8 Å². The van der Waals surface area contributed by atoms with E-state index in [2.05, 4.69) is 10.5 Å². The molecule has 80 valence electrons. The maximum atomic E-state index is 11.0. The molecule has 0 aromatic carbocycles. The molecule has 0 radical (unpaired) electrons. The number of rotatable bonds is 3. The van der Waals surface area contributed by atoms with Gasteiger partial charge in [0.1, 0.15) is 5.76 Å². The fraction of sp³-hybridized carbons (Fsp3) is 0.455. The maximum Gasteiger partial charge on any atom is 0.157 e. The first-order valence-corrected chi connectivity index (χ1v) is 5.06. The fourth-order valence-electron chi connectivity index (χ4n) is 1.69. The van der Waals surface area contributed by atoms with Crippen molar-refractivity contribution in [2.45, 2.75) is 33.2 Å². The van der Waals surface area contributed by atoms with Crippen molar-refractivity contribution < 1.29 is 9.32 Å². The summed E-state index contributed by atoms with van der Waals surface area (Å²) in [4.78, 5) is 11.0. The van der Waals surface area contributed by atoms with Crippen LogP contribution in [0.2, 0.25) is 0 Å². The number of carbonyl (C=O) groups excluding carboxylic acids is 1. The van der Waals surface area contributed by atoms with Gasteiger partial charge in [0.25, 0.3) is 0 Å². The molecule has 1 aliphatic carbocycles. The van der Waals surface area contributed by atoms with Crippen molar-refractivity contribution >= 4 is 5.78 Å². The predicted molar refractivity (Wildman–Crippen MR) is 55.1 cm³/mol. The molecule has 0 saturated carbocycles. The molecule has 4 nitrogen and oxygen atoms in total. The number of hydrogen-bond acceptors (Lipinski definition) is 4. The molecule has 15 heavy (non-hydrogen) atoms. The number of allylic oxidation sites excluding steroid dienone is 2. The van der Waals surface area contributed by atoms with Crippen LogP contribution in [0.25, 0.3) is 0 Å². The highest BCUT2D eigenvalue weighted by molar-refractivity contribution is 5.92. The summed E-state index contributed by atoms with van der Waals surface area (Å²) in [5.41, 5.74) is 3.00. The molecule has 0 atom stereocenters. The van der Waals surface area contributed by atoms with E-state index in [0.717, 1.165) is 29.1 Å². The van der Waals surface area contributed by atoms with E-state index in [0.29, 0.717) is 13.0 Å². The molecule has 2 rings (SSSR count). The Bertz CT molecular complexity index is 399. The Morgan fingerprint density at radius 1 is 1.47 bits per heavy atom. The lowest BCUT2D eigenvalue weighted by Crippen LogP contribution is -2.12. The smallest absolute Gasteiger partial charge is 0.157 e. The Morgan fingerprint density at radius 3 is 2.80 bits per heavy atom. The van der Waals surface area contributed by atoms with E-state index in [4.69, 9.17) is 4.52 Å². The van der Waals surface area contributed by atoms with Crippen LogP contribution >= 0.6 is 0 Å². The van der Waals surface area contributed by atoms with Crippen LogP contribution in [0.5, 0.6) is 0 Å². The van der Waals surface area contributed by atoms with Gasteiger partial charge in [-0.05, 0) is 20.3 Å². The third kappa shape index (κ3) is 2.09. The zero-order valence-electron chi connectivity index (χ0n) is 8.96. The lowest BCUT2D eigenvalue weighted by atomic mass is 10.2. The van der Waals surface area contributed by atoms with Gasteiger partial charge in [0.15, 0.2) is 5.78 Å². The second-order valence-corrected chi connectivity index (χ2v) is 3.79. The highest BCUT2D eigenvalue weighted by Crippen LogP contribution is 2.15. The van der Waals surface area contributed by atoms with Gasteiger partial charge in [-0.2, -0.15) is 0 Å². The molecule has 0 aliphatic heterocycles. The minimum Gasteiger partial charge on any atom is -0.384 e. The summed E-state index contributed by atoms with van der Waals surface area (Å²) < 4.78 is 5.06. The molecule has 1 aromatic heterocycles. The van der Waals surface area contributed by atoms with E-state index in [1.54, 1.807) is 6.08 Å². The predicted octanol–water partition coefficient (Wildman–Crippen LogP) is 1.63. The Labute approximate surface area is 88.3 Å². The van der Waals surface area contributed by atoms with Gasteiger partial charge in [0, 0.05) is 30.3 Å². The standard InChI is InChI=1S/C11H14N2O2/c1-7-11(8(2)15-13-7)6-12-9-3-4-10(14)5-9/h5,12H,3-4,6H2,1-2H3. The first-order chi connectivity index (χ1) is 7.16. The summed E-state index contributed by atoms with van der Waals surface area (Å²) in [7, 11) is 0. The van der Waals surface area contributed by atoms with Gasteiger partial charge >= 0.3 is 0 Å². The Balaban J connectivity index is 1.99. The van der Waals surface area contributed by atoms with Crippen molar-refractivity contribution in [3.63, 3.8) is 0 Å². The maximum absolute atomic E-state index is 11.0. The second-order valence-electron chi connectivity index (χ2n) is 3.79. The van der Waals surface area contributed by atoms with E-state index in [9.17, 15) is 4.79 Å². The first kappa shape index (κ1) is 9.96. The van der Waals surface area contributed by atoms with E-state index in [1.165, 1.54) is 0 Å². The molecular formula is C11H14N2O2. The Kier molecular flexibility index (Phi) is 2.58. The van der Waals surface area contributed by atoms with E-state index in [1.807, 2.05) is 13.8 Å². The van der Waals surface area contributed by atoms with Crippen LogP contribution in [-0.2, 0) is 11.3 Å². The van der Waals surface area contributed by atoms with Crippen LogP contribution in [0.3, 0.4) is 0 Å². The van der Waals surface area contributed by atoms with Crippen LogP contribution in [0.4, 0.5) is 0 Å². The molecule has 0 amide bonds. The molecule has 0 saturated heterocycles. The van der Waals surface area contributed by atoms with Crippen molar-refractivity contribution in [1.29, 1.82) is 0 Å². The van der Waals surface area contributed by atoms with Crippen LogP contribution in [0.15, 0.2) is 16.3 Å². The van der Waals surface area contributed by atoms with Gasteiger partial charge < -0.3 is 9.84 Å². The summed E-state index contributed by atoms with van der Waals surface area (Å²) in [5, 5.41) is 7.11. The normalized spacial score (nSPS) is 15.6. The van der Waals surface area contributed by atoms with Gasteiger partial charge in [0.05, 0.1) is 5.69 Å².